The predicted molar refractivity (Wildman–Crippen MR) is 215 cm³/mol. The van der Waals surface area contributed by atoms with Gasteiger partial charge in [-0.25, -0.2) is 9.59 Å². The normalized spacial score (nSPS) is 16.2. The van der Waals surface area contributed by atoms with Gasteiger partial charge in [0.15, 0.2) is 18.9 Å². The van der Waals surface area contributed by atoms with Crippen molar-refractivity contribution in [2.75, 3.05) is 31.2 Å². The van der Waals surface area contributed by atoms with Gasteiger partial charge in [0.1, 0.15) is 6.61 Å². The number of hydrogen-bond acceptors (Lipinski definition) is 7. The van der Waals surface area contributed by atoms with Gasteiger partial charge in [0.05, 0.1) is 33.9 Å². The predicted octanol–water partition coefficient (Wildman–Crippen LogP) is 9.61. The Kier molecular flexibility index (Phi) is 11.1. The number of nitrogens with zero attached hydrogens (tertiary/aromatic N) is 3. The molecule has 8 heteroatoms. The van der Waals surface area contributed by atoms with E-state index in [0.717, 1.165) is 28.3 Å². The van der Waals surface area contributed by atoms with E-state index in [1.165, 1.54) is 11.1 Å². The average molecular weight is 723 g/mol. The molecule has 0 amide bonds. The number of thiocarbonyl (C=S) groups is 1. The van der Waals surface area contributed by atoms with Crippen LogP contribution in [-0.4, -0.2) is 53.7 Å². The van der Waals surface area contributed by atoms with Gasteiger partial charge in [0.25, 0.3) is 0 Å². The van der Waals surface area contributed by atoms with Crippen LogP contribution in [0.3, 0.4) is 0 Å². The monoisotopic (exact) mass is 722 g/mol. The molecular weight excluding hydrogens is 679 g/mol. The quantitative estimate of drug-likeness (QED) is 0.0477. The summed E-state index contributed by atoms with van der Waals surface area (Å²) in [6, 6.07) is 31.0. The molecule has 6 rings (SSSR count). The highest BCUT2D eigenvalue weighted by atomic mass is 32.1. The number of isothiocyanates is 1. The van der Waals surface area contributed by atoms with Crippen molar-refractivity contribution in [1.82, 2.24) is 0 Å². The maximum Gasteiger partial charge on any atom is 0.338 e. The number of anilines is 1. The summed E-state index contributed by atoms with van der Waals surface area (Å²) in [5.41, 5.74) is 9.14. The van der Waals surface area contributed by atoms with Crippen LogP contribution in [-0.2, 0) is 20.3 Å². The zero-order valence-electron chi connectivity index (χ0n) is 30.8. The second kappa shape index (κ2) is 15.9. The molecule has 53 heavy (non-hydrogen) atoms. The van der Waals surface area contributed by atoms with Gasteiger partial charge < -0.3 is 14.4 Å². The number of para-hydroxylation sites is 2. The molecule has 4 aromatic carbocycles. The van der Waals surface area contributed by atoms with Gasteiger partial charge >= 0.3 is 11.9 Å². The van der Waals surface area contributed by atoms with Crippen LogP contribution in [0.2, 0.25) is 0 Å². The molecule has 0 saturated carbocycles. The smallest absolute Gasteiger partial charge is 0.338 e. The molecule has 0 radical (unpaired) electrons. The molecule has 2 heterocycles. The molecule has 2 aliphatic rings. The summed E-state index contributed by atoms with van der Waals surface area (Å²) in [5.74, 6) is -0.712. The van der Waals surface area contributed by atoms with E-state index in [2.05, 4.69) is 120 Å². The average Bonchev–Trinajstić information content (AvgIpc) is 3.50. The maximum absolute atomic E-state index is 12.8. The Morgan fingerprint density at radius 1 is 0.774 bits per heavy atom. The summed E-state index contributed by atoms with van der Waals surface area (Å²) in [4.78, 5) is 31.8. The van der Waals surface area contributed by atoms with Crippen LogP contribution in [0.15, 0.2) is 138 Å². The second-order valence-electron chi connectivity index (χ2n) is 14.2. The van der Waals surface area contributed by atoms with Crippen molar-refractivity contribution in [3.63, 3.8) is 0 Å². The number of esters is 2. The van der Waals surface area contributed by atoms with Crippen molar-refractivity contribution in [3.8, 4) is 0 Å². The topological polar surface area (TPSA) is 71.2 Å². The lowest BCUT2D eigenvalue weighted by Gasteiger charge is -2.26. The Balaban J connectivity index is 1.18. The number of carbonyl (C=O) groups is 2. The van der Waals surface area contributed by atoms with Gasteiger partial charge in [-0.05, 0) is 87.1 Å². The lowest BCUT2D eigenvalue weighted by atomic mass is 9.81. The lowest BCUT2D eigenvalue weighted by Crippen LogP contribution is -2.29. The molecule has 0 N–H and O–H groups in total. The van der Waals surface area contributed by atoms with Crippen LogP contribution in [0.1, 0.15) is 65.1 Å². The third kappa shape index (κ3) is 7.90. The first-order valence-electron chi connectivity index (χ1n) is 17.8. The number of aliphatic imine (C=N–C) groups is 1. The SMILES string of the molecule is Cc1ccc(C(=O)OCCN2/C(=C/C=C/C=C/C3=[N+](CCOC(=O)c4ccc(N=C=S)cc4)c4ccccc4C3(C)C)C(C)(C)c3ccccc32)cc1. The summed E-state index contributed by atoms with van der Waals surface area (Å²) in [5, 5.41) is 2.33. The first kappa shape index (κ1) is 37.1. The van der Waals surface area contributed by atoms with Gasteiger partial charge in [-0.2, -0.15) is 9.57 Å². The molecular formula is C45H44N3O4S+. The van der Waals surface area contributed by atoms with E-state index >= 15 is 0 Å². The first-order chi connectivity index (χ1) is 25.5. The molecule has 0 atom stereocenters. The summed E-state index contributed by atoms with van der Waals surface area (Å²) in [6.07, 6.45) is 10.5. The molecule has 0 unspecified atom stereocenters. The molecule has 0 bridgehead atoms. The van der Waals surface area contributed by atoms with Crippen LogP contribution in [0, 0.1) is 6.92 Å². The van der Waals surface area contributed by atoms with E-state index in [9.17, 15) is 9.59 Å². The highest BCUT2D eigenvalue weighted by molar-refractivity contribution is 7.78. The fraction of sp³-hybridized carbons (Fsp3) is 0.244. The van der Waals surface area contributed by atoms with E-state index < -0.39 is 5.97 Å². The number of allylic oxidation sites excluding steroid dienone is 6. The van der Waals surface area contributed by atoms with Gasteiger partial charge in [-0.1, -0.05) is 86.2 Å². The standard InChI is InChI=1S/C45H44N3O4S/c1-32-19-21-33(22-20-32)42(49)51-29-27-47-38-15-11-9-13-36(38)44(2,3)40(47)17-7-6-8-18-41-45(4,5)37-14-10-12-16-39(37)48(41)28-30-52-43(50)34-23-25-35(26-24-34)46-31-53/h6-26H,27-30H2,1-5H3/q+1. The fourth-order valence-electron chi connectivity index (χ4n) is 7.16. The fourth-order valence-corrected chi connectivity index (χ4v) is 7.27. The summed E-state index contributed by atoms with van der Waals surface area (Å²) >= 11 is 4.66. The van der Waals surface area contributed by atoms with Crippen molar-refractivity contribution in [3.05, 3.63) is 161 Å². The minimum Gasteiger partial charge on any atom is -0.460 e. The summed E-state index contributed by atoms with van der Waals surface area (Å²) < 4.78 is 13.7. The van der Waals surface area contributed by atoms with Gasteiger partial charge in [0, 0.05) is 34.5 Å². The van der Waals surface area contributed by atoms with Crippen molar-refractivity contribution < 1.29 is 23.6 Å². The van der Waals surface area contributed by atoms with Crippen molar-refractivity contribution in [2.24, 2.45) is 4.99 Å². The third-order valence-electron chi connectivity index (χ3n) is 9.99. The summed E-state index contributed by atoms with van der Waals surface area (Å²) in [7, 11) is 0. The van der Waals surface area contributed by atoms with E-state index in [-0.39, 0.29) is 30.0 Å². The minimum atomic E-state index is -0.391. The molecule has 268 valence electrons. The molecule has 4 aromatic rings. The number of aryl methyl sites for hydroxylation is 1. The summed E-state index contributed by atoms with van der Waals surface area (Å²) in [6.45, 7) is 12.4. The molecule has 0 aliphatic carbocycles. The Bertz CT molecular complexity index is 2190. The van der Waals surface area contributed by atoms with Crippen molar-refractivity contribution in [2.45, 2.75) is 45.4 Å². The number of benzene rings is 4. The Labute approximate surface area is 317 Å². The number of ether oxygens (including phenoxy) is 2. The Morgan fingerprint density at radius 2 is 1.40 bits per heavy atom. The second-order valence-corrected chi connectivity index (χ2v) is 14.3. The van der Waals surface area contributed by atoms with Crippen LogP contribution in [0.4, 0.5) is 17.1 Å². The molecule has 0 saturated heterocycles. The maximum atomic E-state index is 12.8. The Hall–Kier alpha value is -5.69. The number of carbonyl (C=O) groups excluding carboxylic acids is 2. The number of rotatable bonds is 12. The van der Waals surface area contributed by atoms with Crippen LogP contribution in [0.25, 0.3) is 0 Å². The first-order valence-corrected chi connectivity index (χ1v) is 18.2. The molecule has 7 nitrogen and oxygen atoms in total. The largest absolute Gasteiger partial charge is 0.460 e. The van der Waals surface area contributed by atoms with Crippen molar-refractivity contribution in [1.29, 1.82) is 0 Å². The third-order valence-corrected chi connectivity index (χ3v) is 10.1. The molecule has 0 spiro atoms. The Morgan fingerprint density at radius 3 is 2.09 bits per heavy atom. The van der Waals surface area contributed by atoms with Crippen LogP contribution in [0.5, 0.6) is 0 Å². The highest BCUT2D eigenvalue weighted by Crippen LogP contribution is 2.47. The zero-order chi connectivity index (χ0) is 37.6. The van der Waals surface area contributed by atoms with Gasteiger partial charge in [-0.15, -0.1) is 0 Å². The van der Waals surface area contributed by atoms with E-state index in [1.807, 2.05) is 37.3 Å². The van der Waals surface area contributed by atoms with E-state index in [1.54, 1.807) is 36.4 Å². The number of fused-ring (bicyclic) bond motifs is 2. The van der Waals surface area contributed by atoms with Gasteiger partial charge in [0.2, 0.25) is 5.69 Å². The zero-order valence-corrected chi connectivity index (χ0v) is 31.7. The van der Waals surface area contributed by atoms with E-state index in [0.29, 0.717) is 29.9 Å². The van der Waals surface area contributed by atoms with Crippen LogP contribution >= 0.6 is 12.2 Å². The van der Waals surface area contributed by atoms with E-state index in [4.69, 9.17) is 9.47 Å². The van der Waals surface area contributed by atoms with Crippen LogP contribution < -0.4 is 4.90 Å². The molecule has 2 aliphatic heterocycles. The van der Waals surface area contributed by atoms with Crippen molar-refractivity contribution >= 4 is 52.1 Å². The lowest BCUT2D eigenvalue weighted by molar-refractivity contribution is -0.440. The minimum absolute atomic E-state index is 0.216. The number of hydrogen-bond donors (Lipinski definition) is 0. The van der Waals surface area contributed by atoms with Gasteiger partial charge in [-0.3, -0.25) is 0 Å². The molecule has 0 fully saturated rings. The highest BCUT2D eigenvalue weighted by Gasteiger charge is 2.44. The molecule has 0 aromatic heterocycles.